The molecule has 0 radical (unpaired) electrons. The van der Waals surface area contributed by atoms with Crippen LogP contribution in [0.3, 0.4) is 0 Å². The van der Waals surface area contributed by atoms with Gasteiger partial charge in [-0.2, -0.15) is 0 Å². The number of nitrogens with zero attached hydrogens (tertiary/aromatic N) is 2. The molecule has 3 heterocycles. The number of aromatic nitrogens is 2. The molecule has 7 heteroatoms. The van der Waals surface area contributed by atoms with Crippen LogP contribution in [0.5, 0.6) is 0 Å². The Bertz CT molecular complexity index is 941. The van der Waals surface area contributed by atoms with Crippen molar-refractivity contribution in [1.29, 1.82) is 0 Å². The number of piperazine rings is 1. The second-order valence-corrected chi connectivity index (χ2v) is 9.56. The van der Waals surface area contributed by atoms with E-state index >= 15 is 0 Å². The van der Waals surface area contributed by atoms with Gasteiger partial charge in [0.25, 0.3) is 5.56 Å². The number of hydrogen-bond donors (Lipinski definition) is 2. The molecule has 0 aromatic carbocycles. The number of rotatable bonds is 3. The number of carbonyl (C=O) groups excluding carboxylic acids is 1. The summed E-state index contributed by atoms with van der Waals surface area (Å²) in [5.41, 5.74) is 1.28. The summed E-state index contributed by atoms with van der Waals surface area (Å²) in [5, 5.41) is 0.836. The summed E-state index contributed by atoms with van der Waals surface area (Å²) in [6.45, 7) is 6.37. The first-order valence-electron chi connectivity index (χ1n) is 10.3. The Morgan fingerprint density at radius 2 is 2.04 bits per heavy atom. The normalized spacial score (nSPS) is 25.6. The summed E-state index contributed by atoms with van der Waals surface area (Å²) in [6.07, 6.45) is 5.55. The molecule has 2 aliphatic carbocycles. The van der Waals surface area contributed by atoms with Crippen LogP contribution in [0.1, 0.15) is 42.5 Å². The fourth-order valence-corrected chi connectivity index (χ4v) is 5.93. The van der Waals surface area contributed by atoms with Gasteiger partial charge < -0.3 is 14.8 Å². The molecule has 2 fully saturated rings. The Balaban J connectivity index is 1.28. The Hall–Kier alpha value is -1.73. The molecule has 0 spiro atoms. The first kappa shape index (κ1) is 17.4. The number of hydrogen-bond acceptors (Lipinski definition) is 4. The van der Waals surface area contributed by atoms with Crippen molar-refractivity contribution in [2.45, 2.75) is 45.6 Å². The Morgan fingerprint density at radius 1 is 1.30 bits per heavy atom. The fourth-order valence-electron chi connectivity index (χ4n) is 4.65. The van der Waals surface area contributed by atoms with Gasteiger partial charge in [0, 0.05) is 10.8 Å². The highest BCUT2D eigenvalue weighted by molar-refractivity contribution is 7.18. The van der Waals surface area contributed by atoms with E-state index in [2.05, 4.69) is 11.9 Å². The van der Waals surface area contributed by atoms with Crippen molar-refractivity contribution in [3.05, 3.63) is 26.6 Å². The smallest absolute Gasteiger partial charge is 0.260 e. The topological polar surface area (TPSA) is 70.5 Å². The van der Waals surface area contributed by atoms with Gasteiger partial charge in [-0.3, -0.25) is 9.59 Å². The van der Waals surface area contributed by atoms with Crippen molar-refractivity contribution in [3.63, 3.8) is 0 Å². The minimum absolute atomic E-state index is 0.0327. The molecule has 5 rings (SSSR count). The summed E-state index contributed by atoms with van der Waals surface area (Å²) in [6, 6.07) is 0. The molecular weight excluding hydrogens is 360 g/mol. The number of nitrogens with one attached hydrogen (secondary N) is 2. The molecule has 1 saturated carbocycles. The molecule has 27 heavy (non-hydrogen) atoms. The minimum atomic E-state index is 0.0327. The van der Waals surface area contributed by atoms with E-state index in [0.717, 1.165) is 68.0 Å². The Kier molecular flexibility index (Phi) is 4.31. The second-order valence-electron chi connectivity index (χ2n) is 8.48. The molecule has 2 atom stereocenters. The number of quaternary nitrogens is 1. The predicted molar refractivity (Wildman–Crippen MR) is 105 cm³/mol. The largest absolute Gasteiger partial charge is 0.331 e. The summed E-state index contributed by atoms with van der Waals surface area (Å²) < 4.78 is 0. The summed E-state index contributed by atoms with van der Waals surface area (Å²) in [5.74, 6) is 1.98. The zero-order valence-electron chi connectivity index (χ0n) is 15.8. The van der Waals surface area contributed by atoms with E-state index in [0.29, 0.717) is 11.8 Å². The number of aryl methyl sites for hydroxylation is 2. The molecule has 1 saturated heterocycles. The van der Waals surface area contributed by atoms with E-state index in [1.165, 1.54) is 28.2 Å². The number of fused-ring (bicyclic) bond motifs is 3. The Morgan fingerprint density at radius 3 is 2.78 bits per heavy atom. The molecule has 1 amide bonds. The average molecular weight is 388 g/mol. The molecule has 1 aliphatic heterocycles. The predicted octanol–water partition coefficient (Wildman–Crippen LogP) is 0.747. The van der Waals surface area contributed by atoms with E-state index in [4.69, 9.17) is 4.98 Å². The van der Waals surface area contributed by atoms with Crippen LogP contribution in [-0.2, 0) is 24.2 Å². The van der Waals surface area contributed by atoms with Crippen molar-refractivity contribution in [3.8, 4) is 0 Å². The maximum atomic E-state index is 12.7. The highest BCUT2D eigenvalue weighted by Gasteiger charge is 2.42. The van der Waals surface area contributed by atoms with Gasteiger partial charge in [-0.15, -0.1) is 11.3 Å². The number of aromatic amines is 1. The van der Waals surface area contributed by atoms with Gasteiger partial charge in [-0.05, 0) is 43.6 Å². The molecule has 2 N–H and O–H groups in total. The van der Waals surface area contributed by atoms with Crippen LogP contribution in [0.15, 0.2) is 4.79 Å². The molecular formula is C20H27N4O2S+. The van der Waals surface area contributed by atoms with Crippen LogP contribution >= 0.6 is 11.3 Å². The lowest BCUT2D eigenvalue weighted by molar-refractivity contribution is -0.918. The minimum Gasteiger partial charge on any atom is -0.331 e. The van der Waals surface area contributed by atoms with Crippen LogP contribution in [-0.4, -0.2) is 47.0 Å². The number of thiophene rings is 1. The van der Waals surface area contributed by atoms with Gasteiger partial charge in [0.2, 0.25) is 5.91 Å². The molecule has 0 bridgehead atoms. The fraction of sp³-hybridized carbons (Fsp3) is 0.650. The second kappa shape index (κ2) is 6.71. The number of amides is 1. The van der Waals surface area contributed by atoms with Gasteiger partial charge >= 0.3 is 0 Å². The number of carbonyl (C=O) groups is 1. The van der Waals surface area contributed by atoms with E-state index in [9.17, 15) is 9.59 Å². The lowest BCUT2D eigenvalue weighted by atomic mass is 9.97. The SMILES string of the molecule is C[C@@H]1C[C@H]1C(=O)N1CC[NH+](Cc2nc3sc4c(c3c(=O)[nH]2)CCCC4)CC1. The van der Waals surface area contributed by atoms with Gasteiger partial charge in [0.1, 0.15) is 11.4 Å². The molecule has 2 aromatic heterocycles. The highest BCUT2D eigenvalue weighted by atomic mass is 32.1. The van der Waals surface area contributed by atoms with Crippen molar-refractivity contribution < 1.29 is 9.69 Å². The molecule has 2 aromatic rings. The zero-order chi connectivity index (χ0) is 18.5. The van der Waals surface area contributed by atoms with Crippen molar-refractivity contribution >= 4 is 27.5 Å². The zero-order valence-corrected chi connectivity index (χ0v) is 16.7. The molecule has 3 aliphatic rings. The van der Waals surface area contributed by atoms with Gasteiger partial charge in [0.15, 0.2) is 5.82 Å². The maximum Gasteiger partial charge on any atom is 0.260 e. The van der Waals surface area contributed by atoms with Crippen molar-refractivity contribution in [1.82, 2.24) is 14.9 Å². The van der Waals surface area contributed by atoms with Gasteiger partial charge in [-0.25, -0.2) is 4.98 Å². The molecule has 6 nitrogen and oxygen atoms in total. The standard InChI is InChI=1S/C20H26N4O2S/c1-12-10-14(12)20(26)24-8-6-23(7-9-24)11-16-21-18(25)17-13-4-2-3-5-15(13)27-19(17)22-16/h12,14H,2-11H2,1H3,(H,21,22,25)/p+1/t12-,14-/m1/s1. The summed E-state index contributed by atoms with van der Waals surface area (Å²) >= 11 is 1.71. The van der Waals surface area contributed by atoms with Crippen LogP contribution < -0.4 is 10.5 Å². The van der Waals surface area contributed by atoms with Crippen LogP contribution in [0, 0.1) is 11.8 Å². The van der Waals surface area contributed by atoms with Gasteiger partial charge in [-0.1, -0.05) is 6.92 Å². The molecule has 144 valence electrons. The first-order chi connectivity index (χ1) is 13.1. The highest BCUT2D eigenvalue weighted by Crippen LogP contribution is 2.39. The third-order valence-electron chi connectivity index (χ3n) is 6.50. The van der Waals surface area contributed by atoms with Crippen LogP contribution in [0.2, 0.25) is 0 Å². The van der Waals surface area contributed by atoms with Gasteiger partial charge in [0.05, 0.1) is 31.6 Å². The summed E-state index contributed by atoms with van der Waals surface area (Å²) in [4.78, 5) is 38.6. The average Bonchev–Trinajstić information content (AvgIpc) is 3.27. The van der Waals surface area contributed by atoms with Crippen LogP contribution in [0.25, 0.3) is 10.2 Å². The van der Waals surface area contributed by atoms with E-state index < -0.39 is 0 Å². The lowest BCUT2D eigenvalue weighted by Gasteiger charge is -2.32. The van der Waals surface area contributed by atoms with E-state index in [1.54, 1.807) is 11.3 Å². The number of H-pyrrole nitrogens is 1. The first-order valence-corrected chi connectivity index (χ1v) is 11.1. The lowest BCUT2D eigenvalue weighted by Crippen LogP contribution is -3.13. The summed E-state index contributed by atoms with van der Waals surface area (Å²) in [7, 11) is 0. The van der Waals surface area contributed by atoms with E-state index in [-0.39, 0.29) is 11.5 Å². The quantitative estimate of drug-likeness (QED) is 0.816. The Labute approximate surface area is 162 Å². The third-order valence-corrected chi connectivity index (χ3v) is 7.69. The van der Waals surface area contributed by atoms with Crippen molar-refractivity contribution in [2.24, 2.45) is 11.8 Å². The van der Waals surface area contributed by atoms with E-state index in [1.807, 2.05) is 4.90 Å². The third kappa shape index (κ3) is 3.21. The van der Waals surface area contributed by atoms with Crippen LogP contribution in [0.4, 0.5) is 0 Å². The maximum absolute atomic E-state index is 12.7. The van der Waals surface area contributed by atoms with Crippen molar-refractivity contribution in [2.75, 3.05) is 26.2 Å². The molecule has 0 unspecified atom stereocenters. The monoisotopic (exact) mass is 387 g/mol.